The van der Waals surface area contributed by atoms with Crippen molar-refractivity contribution in [3.8, 4) is 11.5 Å². The molecule has 5 atom stereocenters. The van der Waals surface area contributed by atoms with Crippen LogP contribution in [-0.4, -0.2) is 126 Å². The third-order valence-corrected chi connectivity index (χ3v) is 13.4. The van der Waals surface area contributed by atoms with E-state index in [2.05, 4.69) is 5.32 Å². The van der Waals surface area contributed by atoms with Gasteiger partial charge in [0.05, 0.1) is 56.5 Å². The smallest absolute Gasteiger partial charge is 0.407 e. The minimum Gasteiger partial charge on any atom is -0.497 e. The number of rotatable bonds is 20. The van der Waals surface area contributed by atoms with Crippen LogP contribution >= 0.6 is 7.60 Å². The van der Waals surface area contributed by atoms with Gasteiger partial charge in [-0.3, -0.25) is 9.36 Å². The van der Waals surface area contributed by atoms with Crippen molar-refractivity contribution in [2.75, 3.05) is 66.1 Å². The quantitative estimate of drug-likeness (QED) is 0.146. The van der Waals surface area contributed by atoms with Crippen LogP contribution in [0.1, 0.15) is 38.7 Å². The molecule has 0 radical (unpaired) electrons. The molecule has 3 aliphatic rings. The van der Waals surface area contributed by atoms with Crippen molar-refractivity contribution >= 4 is 30.1 Å². The van der Waals surface area contributed by atoms with E-state index in [-0.39, 0.29) is 62.4 Å². The highest BCUT2D eigenvalue weighted by Crippen LogP contribution is 2.48. The molecule has 3 heterocycles. The summed E-state index contributed by atoms with van der Waals surface area (Å²) in [6, 6.07) is 11.8. The number of methoxy groups -OCH3 is 1. The van der Waals surface area contributed by atoms with Crippen LogP contribution in [0.15, 0.2) is 53.4 Å². The van der Waals surface area contributed by atoms with Crippen molar-refractivity contribution in [2.24, 2.45) is 11.8 Å². The Balaban J connectivity index is 1.35. The molecular weight excluding hydrogens is 745 g/mol. The Bertz CT molecular complexity index is 1650. The fraction of sp³-hybridized carbons (Fsp3) is 0.611. The maximum atomic E-state index is 14.2. The molecule has 3 fully saturated rings. The van der Waals surface area contributed by atoms with Gasteiger partial charge in [0.25, 0.3) is 0 Å². The lowest BCUT2D eigenvalue weighted by atomic mass is 9.96. The van der Waals surface area contributed by atoms with E-state index in [9.17, 15) is 27.7 Å². The molecule has 0 unspecified atom stereocenters. The fourth-order valence-corrected chi connectivity index (χ4v) is 9.67. The van der Waals surface area contributed by atoms with Gasteiger partial charge in [0.1, 0.15) is 17.6 Å². The number of benzene rings is 2. The molecule has 16 nitrogen and oxygen atoms in total. The van der Waals surface area contributed by atoms with Crippen molar-refractivity contribution in [3.63, 3.8) is 0 Å². The molecule has 18 heteroatoms. The summed E-state index contributed by atoms with van der Waals surface area (Å²) in [5.74, 6) is 0.703. The van der Waals surface area contributed by atoms with Crippen molar-refractivity contribution in [2.45, 2.75) is 69.0 Å². The Hall–Kier alpha value is -3.28. The lowest BCUT2D eigenvalue weighted by Crippen LogP contribution is -2.52. The SMILES string of the molecule is CCOP(=O)(COc1ccc(C[C@H](NC(=O)O[C@H]2CO[C@H]3OCC[C@H]32)[C@H](O)CN(CC2CCN(C=O)CC2)S(=O)(=O)c2ccc(OC)cc2)cc1)OCC. The molecule has 300 valence electrons. The average molecular weight is 798 g/mol. The van der Waals surface area contributed by atoms with E-state index >= 15 is 0 Å². The van der Waals surface area contributed by atoms with E-state index in [1.807, 2.05) is 0 Å². The highest BCUT2D eigenvalue weighted by atomic mass is 32.2. The van der Waals surface area contributed by atoms with E-state index in [0.717, 1.165) is 6.41 Å². The van der Waals surface area contributed by atoms with Gasteiger partial charge in [-0.05, 0) is 87.4 Å². The Morgan fingerprint density at radius 3 is 2.33 bits per heavy atom. The zero-order valence-corrected chi connectivity index (χ0v) is 32.7. The Kier molecular flexibility index (Phi) is 15.2. The molecule has 3 saturated heterocycles. The first kappa shape index (κ1) is 41.9. The van der Waals surface area contributed by atoms with Gasteiger partial charge in [-0.15, -0.1) is 0 Å². The summed E-state index contributed by atoms with van der Waals surface area (Å²) in [7, 11) is -6.10. The topological polar surface area (TPSA) is 189 Å². The molecule has 2 aromatic rings. The van der Waals surface area contributed by atoms with Crippen LogP contribution in [0.5, 0.6) is 11.5 Å². The maximum absolute atomic E-state index is 14.2. The van der Waals surface area contributed by atoms with E-state index in [4.69, 9.17) is 32.7 Å². The summed E-state index contributed by atoms with van der Waals surface area (Å²) in [5.41, 5.74) is 0.684. The highest BCUT2D eigenvalue weighted by molar-refractivity contribution is 7.89. The normalized spacial score (nSPS) is 21.7. The monoisotopic (exact) mass is 797 g/mol. The number of sulfonamides is 1. The molecule has 2 N–H and O–H groups in total. The third-order valence-electron chi connectivity index (χ3n) is 9.78. The van der Waals surface area contributed by atoms with Crippen LogP contribution in [0.25, 0.3) is 0 Å². The van der Waals surface area contributed by atoms with Crippen LogP contribution in [0.2, 0.25) is 0 Å². The van der Waals surface area contributed by atoms with E-state index in [1.54, 1.807) is 55.1 Å². The summed E-state index contributed by atoms with van der Waals surface area (Å²) in [6.45, 7) is 5.23. The van der Waals surface area contributed by atoms with Crippen molar-refractivity contribution < 1.29 is 60.4 Å². The lowest BCUT2D eigenvalue weighted by Gasteiger charge is -2.35. The Morgan fingerprint density at radius 2 is 1.70 bits per heavy atom. The molecule has 0 spiro atoms. The second-order valence-corrected chi connectivity index (χ2v) is 17.4. The number of piperidine rings is 1. The zero-order valence-electron chi connectivity index (χ0n) is 30.9. The molecular formula is C36H52N3O13PS. The first-order valence-electron chi connectivity index (χ1n) is 18.3. The third kappa shape index (κ3) is 11.2. The number of fused-ring (bicyclic) bond motifs is 1. The van der Waals surface area contributed by atoms with E-state index in [0.29, 0.717) is 56.0 Å². The van der Waals surface area contributed by atoms with Crippen LogP contribution in [0.3, 0.4) is 0 Å². The van der Waals surface area contributed by atoms with Crippen molar-refractivity contribution in [3.05, 3.63) is 54.1 Å². The molecule has 54 heavy (non-hydrogen) atoms. The molecule has 2 aromatic carbocycles. The molecule has 2 amide bonds. The van der Waals surface area contributed by atoms with E-state index < -0.39 is 48.3 Å². The molecule has 0 aliphatic carbocycles. The number of aliphatic hydroxyl groups excluding tert-OH is 1. The fourth-order valence-electron chi connectivity index (χ4n) is 6.82. The number of carbonyl (C=O) groups is 2. The zero-order chi connectivity index (χ0) is 38.7. The van der Waals surface area contributed by atoms with Gasteiger partial charge >= 0.3 is 13.7 Å². The number of alkyl carbamates (subject to hydrolysis) is 1. The summed E-state index contributed by atoms with van der Waals surface area (Å²) in [5, 5.41) is 14.6. The number of hydrogen-bond acceptors (Lipinski definition) is 13. The van der Waals surface area contributed by atoms with Crippen LogP contribution in [0.4, 0.5) is 4.79 Å². The molecule has 3 aliphatic heterocycles. The lowest BCUT2D eigenvalue weighted by molar-refractivity contribution is -0.119. The number of nitrogens with one attached hydrogen (secondary N) is 1. The van der Waals surface area contributed by atoms with Crippen LogP contribution in [-0.2, 0) is 49.1 Å². The number of hydrogen-bond donors (Lipinski definition) is 2. The standard InChI is InChI=1S/C36H52N3O13PS/c1-4-50-53(43,51-5-2)25-49-29-8-6-26(7-9-29)20-32(37-36(42)52-34-23-48-35-31(34)16-19-47-35)33(41)22-39(21-27-14-17-38(24-40)18-15-27)54(44,45)30-12-10-28(46-3)11-13-30/h6-13,24,27,31-35,41H,4-5,14-23,25H2,1-3H3,(H,37,42)/t31-,32-,33+,34-,35+/m0/s1. The average Bonchev–Trinajstić information content (AvgIpc) is 3.80. The van der Waals surface area contributed by atoms with Crippen LogP contribution < -0.4 is 14.8 Å². The second-order valence-electron chi connectivity index (χ2n) is 13.4. The number of nitrogens with zero attached hydrogens (tertiary/aromatic N) is 2. The number of carbonyl (C=O) groups excluding carboxylic acids is 2. The Labute approximate surface area is 316 Å². The first-order valence-corrected chi connectivity index (χ1v) is 21.5. The number of likely N-dealkylation sites (tertiary alicyclic amines) is 1. The van der Waals surface area contributed by atoms with Gasteiger partial charge < -0.3 is 48.1 Å². The van der Waals surface area contributed by atoms with Gasteiger partial charge in [0.15, 0.2) is 12.6 Å². The summed E-state index contributed by atoms with van der Waals surface area (Å²) in [6.07, 6.45) is -0.690. The molecule has 5 rings (SSSR count). The Morgan fingerprint density at radius 1 is 1.04 bits per heavy atom. The van der Waals surface area contributed by atoms with Gasteiger partial charge in [0.2, 0.25) is 16.4 Å². The minimum absolute atomic E-state index is 0.0214. The number of amides is 2. The number of aliphatic hydroxyl groups is 1. The molecule has 0 saturated carbocycles. The van der Waals surface area contributed by atoms with Gasteiger partial charge in [-0.25, -0.2) is 13.2 Å². The largest absolute Gasteiger partial charge is 0.497 e. The summed E-state index contributed by atoms with van der Waals surface area (Å²) in [4.78, 5) is 26.4. The van der Waals surface area contributed by atoms with E-state index in [1.165, 1.54) is 23.5 Å². The second kappa shape index (κ2) is 19.5. The van der Waals surface area contributed by atoms with Gasteiger partial charge in [0, 0.05) is 26.2 Å². The maximum Gasteiger partial charge on any atom is 0.407 e. The van der Waals surface area contributed by atoms with Gasteiger partial charge in [-0.2, -0.15) is 4.31 Å². The van der Waals surface area contributed by atoms with Crippen molar-refractivity contribution in [1.82, 2.24) is 14.5 Å². The summed E-state index contributed by atoms with van der Waals surface area (Å²) < 4.78 is 80.9. The minimum atomic E-state index is -4.14. The van der Waals surface area contributed by atoms with Crippen molar-refractivity contribution in [1.29, 1.82) is 0 Å². The highest BCUT2D eigenvalue weighted by Gasteiger charge is 2.44. The predicted octanol–water partition coefficient (Wildman–Crippen LogP) is 3.62. The molecule has 0 aromatic heterocycles. The predicted molar refractivity (Wildman–Crippen MR) is 196 cm³/mol. The number of ether oxygens (including phenoxy) is 5. The first-order chi connectivity index (χ1) is 26.0. The van der Waals surface area contributed by atoms with Crippen LogP contribution in [0, 0.1) is 11.8 Å². The van der Waals surface area contributed by atoms with Gasteiger partial charge in [-0.1, -0.05) is 12.1 Å². The molecule has 0 bridgehead atoms. The summed E-state index contributed by atoms with van der Waals surface area (Å²) >= 11 is 0.